The first-order valence-electron chi connectivity index (χ1n) is 6.03. The number of nitrogens with one attached hydrogen (secondary N) is 1. The number of nitrogens with zero attached hydrogens (tertiary/aromatic N) is 1. The molecule has 1 aromatic carbocycles. The molecule has 0 radical (unpaired) electrons. The number of non-ortho nitro benzene ring substituents is 1. The maximum atomic E-state index is 12.1. The molecular weight excluding hydrogens is 314 g/mol. The van der Waals surface area contributed by atoms with Gasteiger partial charge in [0.15, 0.2) is 0 Å². The quantitative estimate of drug-likeness (QED) is 0.665. The number of benzene rings is 1. The van der Waals surface area contributed by atoms with Crippen molar-refractivity contribution >= 4 is 45.4 Å². The van der Waals surface area contributed by atoms with E-state index in [4.69, 9.17) is 5.73 Å². The second-order valence-corrected chi connectivity index (χ2v) is 6.22. The predicted molar refractivity (Wildman–Crippen MR) is 86.3 cm³/mol. The molecule has 2 aromatic rings. The van der Waals surface area contributed by atoms with Crippen molar-refractivity contribution in [2.45, 2.75) is 19.4 Å². The summed E-state index contributed by atoms with van der Waals surface area (Å²) >= 11 is 1.30. The number of nitro benzene ring substituents is 1. The van der Waals surface area contributed by atoms with Gasteiger partial charge in [-0.25, -0.2) is 0 Å². The van der Waals surface area contributed by atoms with E-state index in [2.05, 4.69) is 5.32 Å². The van der Waals surface area contributed by atoms with E-state index in [1.54, 1.807) is 12.1 Å². The lowest BCUT2D eigenvalue weighted by Gasteiger charge is -2.23. The Hall–Kier alpha value is -1.70. The minimum atomic E-state index is -0.487. The zero-order valence-corrected chi connectivity index (χ0v) is 13.2. The van der Waals surface area contributed by atoms with Gasteiger partial charge in [-0.15, -0.1) is 23.7 Å². The Morgan fingerprint density at radius 3 is 2.67 bits per heavy atom. The molecule has 0 atom stereocenters. The maximum absolute atomic E-state index is 12.1. The summed E-state index contributed by atoms with van der Waals surface area (Å²) in [6, 6.07) is 6.22. The molecule has 0 aliphatic carbocycles. The topological polar surface area (TPSA) is 98.3 Å². The van der Waals surface area contributed by atoms with Crippen LogP contribution in [-0.4, -0.2) is 22.9 Å². The third-order valence-corrected chi connectivity index (χ3v) is 4.01. The predicted octanol–water partition coefficient (Wildman–Crippen LogP) is 2.70. The minimum absolute atomic E-state index is 0. The van der Waals surface area contributed by atoms with Gasteiger partial charge in [-0.2, -0.15) is 0 Å². The summed E-state index contributed by atoms with van der Waals surface area (Å²) in [6.07, 6.45) is 0. The van der Waals surface area contributed by atoms with Gasteiger partial charge in [-0.1, -0.05) is 0 Å². The standard InChI is InChI=1S/C13H15N3O3S.ClH/c1-13(2,7-14)15-12(17)11-6-8-5-9(16(18)19)3-4-10(8)20-11;/h3-6H,7,14H2,1-2H3,(H,15,17);1H. The second kappa shape index (κ2) is 6.38. The second-order valence-electron chi connectivity index (χ2n) is 5.13. The van der Waals surface area contributed by atoms with Crippen LogP contribution in [0.5, 0.6) is 0 Å². The number of nitro groups is 1. The summed E-state index contributed by atoms with van der Waals surface area (Å²) < 4.78 is 0.839. The monoisotopic (exact) mass is 329 g/mol. The van der Waals surface area contributed by atoms with E-state index in [1.807, 2.05) is 13.8 Å². The van der Waals surface area contributed by atoms with Crippen LogP contribution in [0.25, 0.3) is 10.1 Å². The molecule has 8 heteroatoms. The van der Waals surface area contributed by atoms with E-state index >= 15 is 0 Å². The Balaban J connectivity index is 0.00000220. The number of hydrogen-bond acceptors (Lipinski definition) is 5. The van der Waals surface area contributed by atoms with E-state index in [1.165, 1.54) is 23.5 Å². The highest BCUT2D eigenvalue weighted by Crippen LogP contribution is 2.29. The molecule has 1 heterocycles. The van der Waals surface area contributed by atoms with Crippen LogP contribution in [0.1, 0.15) is 23.5 Å². The number of nitrogens with two attached hydrogens (primary N) is 1. The summed E-state index contributed by atoms with van der Waals surface area (Å²) in [5.41, 5.74) is 5.11. The van der Waals surface area contributed by atoms with Crippen molar-refractivity contribution in [1.29, 1.82) is 0 Å². The van der Waals surface area contributed by atoms with E-state index in [9.17, 15) is 14.9 Å². The Morgan fingerprint density at radius 2 is 2.10 bits per heavy atom. The maximum Gasteiger partial charge on any atom is 0.270 e. The smallest absolute Gasteiger partial charge is 0.270 e. The van der Waals surface area contributed by atoms with Crippen LogP contribution in [0.15, 0.2) is 24.3 Å². The molecule has 0 fully saturated rings. The fourth-order valence-electron chi connectivity index (χ4n) is 1.68. The lowest BCUT2D eigenvalue weighted by molar-refractivity contribution is -0.384. The SMILES string of the molecule is CC(C)(CN)NC(=O)c1cc2cc([N+](=O)[O-])ccc2s1.Cl. The van der Waals surface area contributed by atoms with Gasteiger partial charge < -0.3 is 11.1 Å². The zero-order valence-electron chi connectivity index (χ0n) is 11.6. The van der Waals surface area contributed by atoms with Crippen molar-refractivity contribution in [3.05, 3.63) is 39.3 Å². The highest BCUT2D eigenvalue weighted by atomic mass is 35.5. The van der Waals surface area contributed by atoms with Crippen LogP contribution in [0, 0.1) is 10.1 Å². The van der Waals surface area contributed by atoms with Gasteiger partial charge in [0.05, 0.1) is 9.80 Å². The number of amides is 1. The van der Waals surface area contributed by atoms with Gasteiger partial charge >= 0.3 is 0 Å². The molecule has 3 N–H and O–H groups in total. The average molecular weight is 330 g/mol. The molecule has 114 valence electrons. The van der Waals surface area contributed by atoms with Crippen molar-refractivity contribution in [1.82, 2.24) is 5.32 Å². The molecule has 0 aliphatic rings. The van der Waals surface area contributed by atoms with Crippen LogP contribution >= 0.6 is 23.7 Å². The molecule has 0 unspecified atom stereocenters. The molecule has 1 aromatic heterocycles. The molecule has 21 heavy (non-hydrogen) atoms. The van der Waals surface area contributed by atoms with E-state index in [0.717, 1.165) is 4.70 Å². The zero-order chi connectivity index (χ0) is 14.9. The Bertz CT molecular complexity index is 684. The molecule has 6 nitrogen and oxygen atoms in total. The van der Waals surface area contributed by atoms with Gasteiger partial charge in [0.2, 0.25) is 0 Å². The van der Waals surface area contributed by atoms with Crippen molar-refractivity contribution in [2.24, 2.45) is 5.73 Å². The number of rotatable bonds is 4. The molecule has 2 rings (SSSR count). The molecule has 0 bridgehead atoms. The van der Waals surface area contributed by atoms with Crippen LogP contribution < -0.4 is 11.1 Å². The fourth-order valence-corrected chi connectivity index (χ4v) is 2.61. The molecular formula is C13H16ClN3O3S. The summed E-state index contributed by atoms with van der Waals surface area (Å²) in [5, 5.41) is 14.3. The highest BCUT2D eigenvalue weighted by molar-refractivity contribution is 7.20. The summed E-state index contributed by atoms with van der Waals surface area (Å²) in [6.45, 7) is 4.00. The Labute approximate surface area is 131 Å². The molecule has 0 spiro atoms. The van der Waals surface area contributed by atoms with E-state index in [-0.39, 0.29) is 24.0 Å². The van der Waals surface area contributed by atoms with Crippen molar-refractivity contribution in [2.75, 3.05) is 6.54 Å². The number of hydrogen-bond donors (Lipinski definition) is 2. The average Bonchev–Trinajstić information content (AvgIpc) is 2.81. The van der Waals surface area contributed by atoms with Gasteiger partial charge in [0.1, 0.15) is 0 Å². The van der Waals surface area contributed by atoms with Gasteiger partial charge in [-0.05, 0) is 26.0 Å². The molecule has 0 saturated heterocycles. The molecule has 0 aliphatic heterocycles. The summed E-state index contributed by atoms with van der Waals surface area (Å²) in [5.74, 6) is -0.218. The first-order chi connectivity index (χ1) is 9.32. The van der Waals surface area contributed by atoms with Crippen LogP contribution in [0.2, 0.25) is 0 Å². The van der Waals surface area contributed by atoms with Crippen molar-refractivity contribution in [3.63, 3.8) is 0 Å². The lowest BCUT2D eigenvalue weighted by Crippen LogP contribution is -2.48. The van der Waals surface area contributed by atoms with Crippen LogP contribution in [0.4, 0.5) is 5.69 Å². The fraction of sp³-hybridized carbons (Fsp3) is 0.308. The number of halogens is 1. The Morgan fingerprint density at radius 1 is 1.43 bits per heavy atom. The van der Waals surface area contributed by atoms with Gasteiger partial charge in [0, 0.05) is 34.3 Å². The van der Waals surface area contributed by atoms with Crippen molar-refractivity contribution in [3.8, 4) is 0 Å². The van der Waals surface area contributed by atoms with E-state index < -0.39 is 10.5 Å². The summed E-state index contributed by atoms with van der Waals surface area (Å²) in [4.78, 5) is 22.9. The van der Waals surface area contributed by atoms with E-state index in [0.29, 0.717) is 16.8 Å². The molecule has 1 amide bonds. The van der Waals surface area contributed by atoms with Crippen LogP contribution in [-0.2, 0) is 0 Å². The first kappa shape index (κ1) is 17.4. The third-order valence-electron chi connectivity index (χ3n) is 2.90. The lowest BCUT2D eigenvalue weighted by atomic mass is 10.1. The highest BCUT2D eigenvalue weighted by Gasteiger charge is 2.21. The van der Waals surface area contributed by atoms with Gasteiger partial charge in [-0.3, -0.25) is 14.9 Å². The summed E-state index contributed by atoms with van der Waals surface area (Å²) in [7, 11) is 0. The van der Waals surface area contributed by atoms with Gasteiger partial charge in [0.25, 0.3) is 11.6 Å². The largest absolute Gasteiger partial charge is 0.345 e. The molecule has 0 saturated carbocycles. The minimum Gasteiger partial charge on any atom is -0.345 e. The third kappa shape index (κ3) is 3.90. The number of fused-ring (bicyclic) bond motifs is 1. The normalized spacial score (nSPS) is 11.0. The number of carbonyl (C=O) groups excluding carboxylic acids is 1. The number of carbonyl (C=O) groups is 1. The van der Waals surface area contributed by atoms with Crippen LogP contribution in [0.3, 0.4) is 0 Å². The van der Waals surface area contributed by atoms with Crippen molar-refractivity contribution < 1.29 is 9.72 Å². The number of thiophene rings is 1. The first-order valence-corrected chi connectivity index (χ1v) is 6.84. The Kier molecular flexibility index (Phi) is 5.27.